The van der Waals surface area contributed by atoms with Gasteiger partial charge in [0.2, 0.25) is 11.8 Å². The number of hydrogen-bond acceptors (Lipinski definition) is 3. The van der Waals surface area contributed by atoms with Crippen molar-refractivity contribution in [1.29, 1.82) is 0 Å². The summed E-state index contributed by atoms with van der Waals surface area (Å²) < 4.78 is 0. The Balaban J connectivity index is 3.70. The molecule has 5 nitrogen and oxygen atoms in total. The summed E-state index contributed by atoms with van der Waals surface area (Å²) in [6.07, 6.45) is 0.967. The van der Waals surface area contributed by atoms with Crippen molar-refractivity contribution < 1.29 is 9.59 Å². The van der Waals surface area contributed by atoms with Crippen molar-refractivity contribution >= 4 is 11.8 Å². The third-order valence-electron chi connectivity index (χ3n) is 2.36. The van der Waals surface area contributed by atoms with Crippen molar-refractivity contribution in [2.45, 2.75) is 40.2 Å². The number of amides is 2. The highest BCUT2D eigenvalue weighted by atomic mass is 16.2. The molecule has 2 amide bonds. The number of carbonyl (C=O) groups is 2. The van der Waals surface area contributed by atoms with E-state index in [9.17, 15) is 9.59 Å². The van der Waals surface area contributed by atoms with Gasteiger partial charge in [0.25, 0.3) is 0 Å². The highest BCUT2D eigenvalue weighted by molar-refractivity contribution is 5.83. The SMILES string of the molecule is CCNC(=O)CNC(C)C(=O)NCCC(C)C. The zero-order valence-electron chi connectivity index (χ0n) is 11.3. The smallest absolute Gasteiger partial charge is 0.236 e. The summed E-state index contributed by atoms with van der Waals surface area (Å²) in [6.45, 7) is 9.31. The molecule has 0 aliphatic heterocycles. The van der Waals surface area contributed by atoms with E-state index in [0.29, 0.717) is 19.0 Å². The summed E-state index contributed by atoms with van der Waals surface area (Å²) in [4.78, 5) is 22.8. The fourth-order valence-electron chi connectivity index (χ4n) is 1.24. The molecule has 1 unspecified atom stereocenters. The molecule has 0 heterocycles. The average Bonchev–Trinajstić information content (AvgIpc) is 2.25. The molecule has 100 valence electrons. The van der Waals surface area contributed by atoms with Crippen LogP contribution < -0.4 is 16.0 Å². The van der Waals surface area contributed by atoms with Gasteiger partial charge in [-0.2, -0.15) is 0 Å². The van der Waals surface area contributed by atoms with Crippen LogP contribution in [0.2, 0.25) is 0 Å². The Morgan fingerprint density at radius 2 is 1.76 bits per heavy atom. The zero-order valence-corrected chi connectivity index (χ0v) is 11.3. The van der Waals surface area contributed by atoms with E-state index in [2.05, 4.69) is 29.8 Å². The molecule has 0 rings (SSSR count). The second kappa shape index (κ2) is 8.98. The van der Waals surface area contributed by atoms with Gasteiger partial charge in [-0.05, 0) is 26.2 Å². The maximum Gasteiger partial charge on any atom is 0.236 e. The van der Waals surface area contributed by atoms with Crippen molar-refractivity contribution in [2.75, 3.05) is 19.6 Å². The van der Waals surface area contributed by atoms with Crippen LogP contribution in [0, 0.1) is 5.92 Å². The van der Waals surface area contributed by atoms with Crippen LogP contribution >= 0.6 is 0 Å². The van der Waals surface area contributed by atoms with Gasteiger partial charge in [-0.25, -0.2) is 0 Å². The van der Waals surface area contributed by atoms with Crippen LogP contribution in [0.15, 0.2) is 0 Å². The van der Waals surface area contributed by atoms with Crippen molar-refractivity contribution in [3.63, 3.8) is 0 Å². The Bertz CT molecular complexity index is 242. The number of likely N-dealkylation sites (N-methyl/N-ethyl adjacent to an activating group) is 1. The highest BCUT2D eigenvalue weighted by Crippen LogP contribution is 1.96. The topological polar surface area (TPSA) is 70.2 Å². The summed E-state index contributed by atoms with van der Waals surface area (Å²) >= 11 is 0. The number of hydrogen-bond donors (Lipinski definition) is 3. The van der Waals surface area contributed by atoms with Crippen molar-refractivity contribution in [3.8, 4) is 0 Å². The van der Waals surface area contributed by atoms with Crippen molar-refractivity contribution in [3.05, 3.63) is 0 Å². The Morgan fingerprint density at radius 3 is 2.29 bits per heavy atom. The van der Waals surface area contributed by atoms with Crippen LogP contribution in [0.1, 0.15) is 34.1 Å². The standard InChI is InChI=1S/C12H25N3O2/c1-5-13-11(16)8-15-10(4)12(17)14-7-6-9(2)3/h9-10,15H,5-8H2,1-4H3,(H,13,16)(H,14,17). The summed E-state index contributed by atoms with van der Waals surface area (Å²) in [5.41, 5.74) is 0. The van der Waals surface area contributed by atoms with Crippen LogP contribution in [-0.4, -0.2) is 37.5 Å². The quantitative estimate of drug-likeness (QED) is 0.573. The lowest BCUT2D eigenvalue weighted by Crippen LogP contribution is -2.46. The van der Waals surface area contributed by atoms with Crippen LogP contribution in [0.5, 0.6) is 0 Å². The lowest BCUT2D eigenvalue weighted by Gasteiger charge is -2.14. The molecule has 0 radical (unpaired) electrons. The van der Waals surface area contributed by atoms with Crippen LogP contribution in [-0.2, 0) is 9.59 Å². The fourth-order valence-corrected chi connectivity index (χ4v) is 1.24. The first-order valence-corrected chi connectivity index (χ1v) is 6.25. The average molecular weight is 243 g/mol. The predicted octanol–water partition coefficient (Wildman–Crippen LogP) is 0.263. The molecule has 0 saturated carbocycles. The minimum Gasteiger partial charge on any atom is -0.355 e. The normalized spacial score (nSPS) is 12.3. The molecule has 0 aromatic carbocycles. The van der Waals surface area contributed by atoms with Gasteiger partial charge >= 0.3 is 0 Å². The first-order valence-electron chi connectivity index (χ1n) is 6.25. The molecule has 0 saturated heterocycles. The fraction of sp³-hybridized carbons (Fsp3) is 0.833. The first-order chi connectivity index (χ1) is 7.97. The largest absolute Gasteiger partial charge is 0.355 e. The number of carbonyl (C=O) groups excluding carboxylic acids is 2. The van der Waals surface area contributed by atoms with Gasteiger partial charge in [0.1, 0.15) is 0 Å². The third-order valence-corrected chi connectivity index (χ3v) is 2.36. The molecule has 0 spiro atoms. The molecule has 0 aliphatic carbocycles. The summed E-state index contributed by atoms with van der Waals surface area (Å²) in [7, 11) is 0. The monoisotopic (exact) mass is 243 g/mol. The van der Waals surface area contributed by atoms with E-state index in [1.54, 1.807) is 6.92 Å². The van der Waals surface area contributed by atoms with Gasteiger partial charge < -0.3 is 10.6 Å². The molecule has 1 atom stereocenters. The predicted molar refractivity (Wildman–Crippen MR) is 68.6 cm³/mol. The van der Waals surface area contributed by atoms with E-state index < -0.39 is 0 Å². The molecule has 0 bridgehead atoms. The summed E-state index contributed by atoms with van der Waals surface area (Å²) in [6, 6.07) is -0.343. The Hall–Kier alpha value is -1.10. The minimum absolute atomic E-state index is 0.0602. The van der Waals surface area contributed by atoms with Crippen LogP contribution in [0.25, 0.3) is 0 Å². The molecule has 0 fully saturated rings. The molecular weight excluding hydrogens is 218 g/mol. The molecule has 5 heteroatoms. The molecule has 3 N–H and O–H groups in total. The summed E-state index contributed by atoms with van der Waals surface area (Å²) in [5.74, 6) is 0.429. The van der Waals surface area contributed by atoms with Crippen molar-refractivity contribution in [2.24, 2.45) is 5.92 Å². The van der Waals surface area contributed by atoms with Gasteiger partial charge in [-0.15, -0.1) is 0 Å². The number of nitrogens with one attached hydrogen (secondary N) is 3. The van der Waals surface area contributed by atoms with E-state index in [4.69, 9.17) is 0 Å². The van der Waals surface area contributed by atoms with E-state index in [1.165, 1.54) is 0 Å². The minimum atomic E-state index is -0.343. The Kier molecular flexibility index (Phi) is 8.40. The van der Waals surface area contributed by atoms with E-state index in [1.807, 2.05) is 6.92 Å². The van der Waals surface area contributed by atoms with Gasteiger partial charge in [0.05, 0.1) is 12.6 Å². The number of rotatable bonds is 8. The van der Waals surface area contributed by atoms with Gasteiger partial charge in [-0.1, -0.05) is 13.8 Å². The van der Waals surface area contributed by atoms with Gasteiger partial charge in [0.15, 0.2) is 0 Å². The van der Waals surface area contributed by atoms with Crippen molar-refractivity contribution in [1.82, 2.24) is 16.0 Å². The molecule has 17 heavy (non-hydrogen) atoms. The third kappa shape index (κ3) is 8.68. The molecule has 0 aromatic heterocycles. The van der Waals surface area contributed by atoms with Gasteiger partial charge in [0, 0.05) is 13.1 Å². The zero-order chi connectivity index (χ0) is 13.3. The molecule has 0 aliphatic rings. The van der Waals surface area contributed by atoms with Gasteiger partial charge in [-0.3, -0.25) is 14.9 Å². The Labute approximate surface area is 104 Å². The first kappa shape index (κ1) is 15.9. The highest BCUT2D eigenvalue weighted by Gasteiger charge is 2.12. The lowest BCUT2D eigenvalue weighted by atomic mass is 10.1. The second-order valence-electron chi connectivity index (χ2n) is 4.53. The lowest BCUT2D eigenvalue weighted by molar-refractivity contribution is -0.123. The van der Waals surface area contributed by atoms with E-state index in [-0.39, 0.29) is 24.4 Å². The second-order valence-corrected chi connectivity index (χ2v) is 4.53. The van der Waals surface area contributed by atoms with Crippen LogP contribution in [0.4, 0.5) is 0 Å². The van der Waals surface area contributed by atoms with E-state index in [0.717, 1.165) is 6.42 Å². The molecule has 0 aromatic rings. The maximum atomic E-state index is 11.6. The summed E-state index contributed by atoms with van der Waals surface area (Å²) in [5, 5.41) is 8.38. The maximum absolute atomic E-state index is 11.6. The molecular formula is C12H25N3O2. The van der Waals surface area contributed by atoms with Crippen LogP contribution in [0.3, 0.4) is 0 Å². The Morgan fingerprint density at radius 1 is 1.12 bits per heavy atom. The van der Waals surface area contributed by atoms with E-state index >= 15 is 0 Å².